The van der Waals surface area contributed by atoms with Crippen LogP contribution in [0.2, 0.25) is 5.02 Å². The number of urea groups is 1. The zero-order valence-electron chi connectivity index (χ0n) is 17.2. The van der Waals surface area contributed by atoms with E-state index < -0.39 is 29.9 Å². The summed E-state index contributed by atoms with van der Waals surface area (Å²) in [6.45, 7) is 1.19. The number of hydrogen-bond acceptors (Lipinski definition) is 4. The second kappa shape index (κ2) is 8.72. The van der Waals surface area contributed by atoms with Crippen molar-refractivity contribution in [3.8, 4) is 11.5 Å². The quantitative estimate of drug-likeness (QED) is 0.541. The van der Waals surface area contributed by atoms with Crippen molar-refractivity contribution >= 4 is 35.1 Å². The van der Waals surface area contributed by atoms with Gasteiger partial charge in [-0.15, -0.1) is 0 Å². The summed E-state index contributed by atoms with van der Waals surface area (Å²) in [5.74, 6) is 0.311. The van der Waals surface area contributed by atoms with Crippen molar-refractivity contribution in [2.45, 2.75) is 12.5 Å². The average Bonchev–Trinajstić information content (AvgIpc) is 3.00. The van der Waals surface area contributed by atoms with Crippen molar-refractivity contribution in [1.82, 2.24) is 10.2 Å². The number of ether oxygens (including phenoxy) is 1. The molecule has 1 unspecified atom stereocenters. The summed E-state index contributed by atoms with van der Waals surface area (Å²) in [6, 6.07) is 22.1. The highest BCUT2D eigenvalue weighted by atomic mass is 35.5. The molecular weight excluding hydrogens is 430 g/mol. The summed E-state index contributed by atoms with van der Waals surface area (Å²) >= 11 is 5.91. The third kappa shape index (κ3) is 4.43. The van der Waals surface area contributed by atoms with Gasteiger partial charge in [0.2, 0.25) is 5.91 Å². The van der Waals surface area contributed by atoms with E-state index in [4.69, 9.17) is 16.3 Å². The van der Waals surface area contributed by atoms with Gasteiger partial charge < -0.3 is 15.4 Å². The van der Waals surface area contributed by atoms with Crippen LogP contribution in [0.1, 0.15) is 12.5 Å². The van der Waals surface area contributed by atoms with Crippen molar-refractivity contribution in [2.24, 2.45) is 0 Å². The minimum atomic E-state index is -1.27. The molecular formula is C24H20ClN3O4. The normalized spacial score (nSPS) is 17.8. The molecule has 1 fully saturated rings. The van der Waals surface area contributed by atoms with Gasteiger partial charge in [-0.05, 0) is 61.0 Å². The lowest BCUT2D eigenvalue weighted by molar-refractivity contribution is -0.133. The van der Waals surface area contributed by atoms with Gasteiger partial charge in [0.25, 0.3) is 5.91 Å². The van der Waals surface area contributed by atoms with Gasteiger partial charge in [0, 0.05) is 10.7 Å². The van der Waals surface area contributed by atoms with E-state index in [2.05, 4.69) is 10.6 Å². The minimum absolute atomic E-state index is 0.407. The van der Waals surface area contributed by atoms with E-state index in [1.165, 1.54) is 0 Å². The Labute approximate surface area is 189 Å². The number of amides is 4. The van der Waals surface area contributed by atoms with Crippen molar-refractivity contribution in [3.05, 3.63) is 89.4 Å². The standard InChI is InChI=1S/C24H20ClN3O4/c1-24(16-7-9-17(25)10-8-16)22(30)28(23(31)27-24)15-21(29)26-18-11-13-20(14-12-18)32-19-5-3-2-4-6-19/h2-14H,15H2,1H3,(H,26,29)(H,27,31). The molecule has 1 heterocycles. The molecule has 0 saturated carbocycles. The molecule has 162 valence electrons. The maximum absolute atomic E-state index is 12.9. The maximum atomic E-state index is 12.9. The van der Waals surface area contributed by atoms with E-state index in [9.17, 15) is 14.4 Å². The molecule has 1 aliphatic rings. The molecule has 2 N–H and O–H groups in total. The zero-order chi connectivity index (χ0) is 22.7. The Hall–Kier alpha value is -3.84. The van der Waals surface area contributed by atoms with Crippen LogP contribution in [0, 0.1) is 0 Å². The minimum Gasteiger partial charge on any atom is -0.457 e. The van der Waals surface area contributed by atoms with Crippen molar-refractivity contribution in [3.63, 3.8) is 0 Å². The van der Waals surface area contributed by atoms with Crippen LogP contribution in [0.25, 0.3) is 0 Å². The fraction of sp³-hybridized carbons (Fsp3) is 0.125. The second-order valence-electron chi connectivity index (χ2n) is 7.44. The van der Waals surface area contributed by atoms with Gasteiger partial charge in [0.05, 0.1) is 0 Å². The average molecular weight is 450 g/mol. The first-order valence-corrected chi connectivity index (χ1v) is 10.3. The molecule has 32 heavy (non-hydrogen) atoms. The van der Waals surface area contributed by atoms with Crippen LogP contribution in [-0.4, -0.2) is 29.3 Å². The predicted octanol–water partition coefficient (Wildman–Crippen LogP) is 4.54. The highest BCUT2D eigenvalue weighted by Gasteiger charge is 2.49. The Morgan fingerprint density at radius 1 is 0.969 bits per heavy atom. The molecule has 0 spiro atoms. The summed E-state index contributed by atoms with van der Waals surface area (Å²) in [6.07, 6.45) is 0. The number of carbonyl (C=O) groups excluding carboxylic acids is 3. The Bertz CT molecular complexity index is 1150. The van der Waals surface area contributed by atoms with Crippen LogP contribution in [0.3, 0.4) is 0 Å². The molecule has 3 aromatic rings. The van der Waals surface area contributed by atoms with Crippen LogP contribution < -0.4 is 15.4 Å². The molecule has 0 bridgehead atoms. The molecule has 0 aromatic heterocycles. The highest BCUT2D eigenvalue weighted by molar-refractivity contribution is 6.30. The summed E-state index contributed by atoms with van der Waals surface area (Å²) in [4.78, 5) is 38.8. The van der Waals surface area contributed by atoms with Gasteiger partial charge >= 0.3 is 6.03 Å². The van der Waals surface area contributed by atoms with E-state index in [-0.39, 0.29) is 0 Å². The molecule has 0 aliphatic carbocycles. The summed E-state index contributed by atoms with van der Waals surface area (Å²) in [7, 11) is 0. The summed E-state index contributed by atoms with van der Waals surface area (Å²) in [5.41, 5.74) is -0.168. The number of para-hydroxylation sites is 1. The zero-order valence-corrected chi connectivity index (χ0v) is 17.9. The van der Waals surface area contributed by atoms with Gasteiger partial charge in [-0.1, -0.05) is 41.9 Å². The first-order valence-electron chi connectivity index (χ1n) is 9.88. The van der Waals surface area contributed by atoms with Crippen LogP contribution in [0.15, 0.2) is 78.9 Å². The number of halogens is 1. The fourth-order valence-corrected chi connectivity index (χ4v) is 3.52. The molecule has 7 nitrogen and oxygen atoms in total. The Kier molecular flexibility index (Phi) is 5.83. The topological polar surface area (TPSA) is 87.7 Å². The van der Waals surface area contributed by atoms with Crippen LogP contribution in [0.5, 0.6) is 11.5 Å². The van der Waals surface area contributed by atoms with E-state index in [1.54, 1.807) is 55.5 Å². The van der Waals surface area contributed by atoms with Crippen molar-refractivity contribution < 1.29 is 19.1 Å². The van der Waals surface area contributed by atoms with Crippen molar-refractivity contribution in [1.29, 1.82) is 0 Å². The predicted molar refractivity (Wildman–Crippen MR) is 121 cm³/mol. The molecule has 0 radical (unpaired) electrons. The van der Waals surface area contributed by atoms with Gasteiger partial charge in [-0.3, -0.25) is 14.5 Å². The fourth-order valence-electron chi connectivity index (χ4n) is 3.39. The van der Waals surface area contributed by atoms with Crippen molar-refractivity contribution in [2.75, 3.05) is 11.9 Å². The molecule has 4 amide bonds. The smallest absolute Gasteiger partial charge is 0.325 e. The largest absolute Gasteiger partial charge is 0.457 e. The lowest BCUT2D eigenvalue weighted by atomic mass is 9.92. The van der Waals surface area contributed by atoms with Crippen LogP contribution in [-0.2, 0) is 15.1 Å². The molecule has 1 atom stereocenters. The van der Waals surface area contributed by atoms with Crippen LogP contribution >= 0.6 is 11.6 Å². The molecule has 1 saturated heterocycles. The number of anilines is 1. The number of nitrogens with one attached hydrogen (secondary N) is 2. The van der Waals surface area contributed by atoms with Gasteiger partial charge in [0.1, 0.15) is 23.6 Å². The van der Waals surface area contributed by atoms with Crippen LogP contribution in [0.4, 0.5) is 10.5 Å². The molecule has 4 rings (SSSR count). The van der Waals surface area contributed by atoms with E-state index in [0.717, 1.165) is 4.90 Å². The number of benzene rings is 3. The van der Waals surface area contributed by atoms with E-state index in [1.807, 2.05) is 30.3 Å². The summed E-state index contributed by atoms with van der Waals surface area (Å²) in [5, 5.41) is 5.87. The second-order valence-corrected chi connectivity index (χ2v) is 7.88. The number of hydrogen-bond donors (Lipinski definition) is 2. The van der Waals surface area contributed by atoms with E-state index in [0.29, 0.717) is 27.8 Å². The highest BCUT2D eigenvalue weighted by Crippen LogP contribution is 2.29. The lowest BCUT2D eigenvalue weighted by Crippen LogP contribution is -2.42. The van der Waals surface area contributed by atoms with Gasteiger partial charge in [-0.2, -0.15) is 0 Å². The van der Waals surface area contributed by atoms with E-state index >= 15 is 0 Å². The number of rotatable bonds is 6. The monoisotopic (exact) mass is 449 g/mol. The summed E-state index contributed by atoms with van der Waals surface area (Å²) < 4.78 is 5.72. The SMILES string of the molecule is CC1(c2ccc(Cl)cc2)NC(=O)N(CC(=O)Nc2ccc(Oc3ccccc3)cc2)C1=O. The number of carbonyl (C=O) groups is 3. The molecule has 3 aromatic carbocycles. The Balaban J connectivity index is 1.39. The molecule has 1 aliphatic heterocycles. The third-order valence-electron chi connectivity index (χ3n) is 5.12. The first kappa shape index (κ1) is 21.4. The van der Waals surface area contributed by atoms with Gasteiger partial charge in [-0.25, -0.2) is 4.79 Å². The lowest BCUT2D eigenvalue weighted by Gasteiger charge is -2.22. The molecule has 8 heteroatoms. The Morgan fingerprint density at radius 3 is 2.25 bits per heavy atom. The first-order chi connectivity index (χ1) is 15.3. The number of nitrogens with zero attached hydrogens (tertiary/aromatic N) is 1. The maximum Gasteiger partial charge on any atom is 0.325 e. The Morgan fingerprint density at radius 2 is 1.59 bits per heavy atom. The number of imide groups is 1. The van der Waals surface area contributed by atoms with Gasteiger partial charge in [0.15, 0.2) is 0 Å². The third-order valence-corrected chi connectivity index (χ3v) is 5.37.